The Morgan fingerprint density at radius 3 is 2.21 bits per heavy atom. The van der Waals surface area contributed by atoms with Gasteiger partial charge in [-0.3, -0.25) is 0 Å². The van der Waals surface area contributed by atoms with Crippen LogP contribution in [0.2, 0.25) is 0 Å². The highest BCUT2D eigenvalue weighted by Gasteiger charge is 2.12. The number of methoxy groups -OCH3 is 1. The van der Waals surface area contributed by atoms with Gasteiger partial charge in [0.1, 0.15) is 11.6 Å². The predicted molar refractivity (Wildman–Crippen MR) is 47.7 cm³/mol. The van der Waals surface area contributed by atoms with Crippen molar-refractivity contribution in [2.75, 3.05) is 13.7 Å². The molecule has 1 rings (SSSR count). The molecule has 0 saturated heterocycles. The third-order valence-electron chi connectivity index (χ3n) is 1.69. The molecule has 0 aliphatic heterocycles. The van der Waals surface area contributed by atoms with Crippen LogP contribution in [0.25, 0.3) is 0 Å². The van der Waals surface area contributed by atoms with Crippen LogP contribution in [0.4, 0.5) is 8.78 Å². The van der Waals surface area contributed by atoms with E-state index in [0.29, 0.717) is 12.2 Å². The van der Waals surface area contributed by atoms with E-state index in [0.717, 1.165) is 6.07 Å². The topological polar surface area (TPSA) is 18.5 Å². The average Bonchev–Trinajstić information content (AvgIpc) is 2.12. The molecule has 0 bridgehead atoms. The van der Waals surface area contributed by atoms with Crippen LogP contribution in [0.3, 0.4) is 0 Å². The first-order valence-electron chi connectivity index (χ1n) is 4.27. The molecule has 0 aliphatic carbocycles. The summed E-state index contributed by atoms with van der Waals surface area (Å²) in [6.07, 6.45) is -0.717. The summed E-state index contributed by atoms with van der Waals surface area (Å²) in [5.41, 5.74) is 0.340. The van der Waals surface area contributed by atoms with Gasteiger partial charge >= 0.3 is 0 Å². The molecule has 0 saturated carbocycles. The van der Waals surface area contributed by atoms with Crippen LogP contribution in [-0.2, 0) is 9.47 Å². The fourth-order valence-corrected chi connectivity index (χ4v) is 1.16. The fraction of sp³-hybridized carbons (Fsp3) is 0.400. The summed E-state index contributed by atoms with van der Waals surface area (Å²) in [5, 5.41) is 0. The lowest BCUT2D eigenvalue weighted by atomic mass is 10.2. The Bertz CT molecular complexity index is 282. The zero-order valence-electron chi connectivity index (χ0n) is 8.09. The van der Waals surface area contributed by atoms with Gasteiger partial charge in [-0.15, -0.1) is 0 Å². The molecule has 1 aromatic rings. The van der Waals surface area contributed by atoms with E-state index in [1.807, 2.05) is 0 Å². The molecular formula is C10H12F2O2. The lowest BCUT2D eigenvalue weighted by Crippen LogP contribution is -2.07. The van der Waals surface area contributed by atoms with Crippen molar-refractivity contribution in [3.8, 4) is 0 Å². The van der Waals surface area contributed by atoms with Gasteiger partial charge in [0.2, 0.25) is 0 Å². The third kappa shape index (κ3) is 2.75. The molecule has 1 atom stereocenters. The Morgan fingerprint density at radius 1 is 1.21 bits per heavy atom. The number of benzene rings is 1. The van der Waals surface area contributed by atoms with E-state index in [9.17, 15) is 8.78 Å². The van der Waals surface area contributed by atoms with Gasteiger partial charge < -0.3 is 9.47 Å². The molecule has 0 radical (unpaired) electrons. The first-order chi connectivity index (χ1) is 6.67. The lowest BCUT2D eigenvalue weighted by Gasteiger charge is -2.15. The maximum atomic E-state index is 12.8. The quantitative estimate of drug-likeness (QED) is 0.699. The minimum Gasteiger partial charge on any atom is -0.352 e. The number of hydrogen-bond acceptors (Lipinski definition) is 2. The second-order valence-electron chi connectivity index (χ2n) is 2.73. The zero-order chi connectivity index (χ0) is 10.6. The van der Waals surface area contributed by atoms with Crippen molar-refractivity contribution >= 4 is 0 Å². The van der Waals surface area contributed by atoms with Gasteiger partial charge in [-0.1, -0.05) is 0 Å². The summed E-state index contributed by atoms with van der Waals surface area (Å²) in [6, 6.07) is 3.18. The van der Waals surface area contributed by atoms with Gasteiger partial charge in [0, 0.05) is 25.3 Å². The van der Waals surface area contributed by atoms with Crippen molar-refractivity contribution in [2.24, 2.45) is 0 Å². The summed E-state index contributed by atoms with van der Waals surface area (Å²) in [7, 11) is 1.42. The summed E-state index contributed by atoms with van der Waals surface area (Å²) in [6.45, 7) is 2.19. The number of halogens is 2. The molecule has 0 heterocycles. The Labute approximate surface area is 81.4 Å². The van der Waals surface area contributed by atoms with Crippen LogP contribution in [-0.4, -0.2) is 13.7 Å². The van der Waals surface area contributed by atoms with E-state index < -0.39 is 17.9 Å². The van der Waals surface area contributed by atoms with Crippen LogP contribution in [0.15, 0.2) is 18.2 Å². The highest BCUT2D eigenvalue weighted by molar-refractivity contribution is 5.19. The normalized spacial score (nSPS) is 12.9. The maximum Gasteiger partial charge on any atom is 0.183 e. The maximum absolute atomic E-state index is 12.8. The van der Waals surface area contributed by atoms with Gasteiger partial charge in [-0.05, 0) is 19.1 Å². The SMILES string of the molecule is CCOC(OC)c1cc(F)cc(F)c1. The molecule has 2 nitrogen and oxygen atoms in total. The van der Waals surface area contributed by atoms with Gasteiger partial charge in [0.25, 0.3) is 0 Å². The Morgan fingerprint density at radius 2 is 1.79 bits per heavy atom. The van der Waals surface area contributed by atoms with Crippen molar-refractivity contribution in [2.45, 2.75) is 13.2 Å². The van der Waals surface area contributed by atoms with Crippen molar-refractivity contribution in [1.82, 2.24) is 0 Å². The van der Waals surface area contributed by atoms with E-state index in [1.165, 1.54) is 19.2 Å². The molecule has 1 unspecified atom stereocenters. The van der Waals surface area contributed by atoms with Crippen LogP contribution < -0.4 is 0 Å². The van der Waals surface area contributed by atoms with Gasteiger partial charge in [0.15, 0.2) is 6.29 Å². The van der Waals surface area contributed by atoms with E-state index in [1.54, 1.807) is 6.92 Å². The predicted octanol–water partition coefficient (Wildman–Crippen LogP) is 2.65. The summed E-state index contributed by atoms with van der Waals surface area (Å²) in [5.74, 6) is -1.27. The molecule has 0 aromatic heterocycles. The highest BCUT2D eigenvalue weighted by Crippen LogP contribution is 2.20. The Balaban J connectivity index is 2.91. The molecule has 0 N–H and O–H groups in total. The second kappa shape index (κ2) is 5.02. The first-order valence-corrected chi connectivity index (χ1v) is 4.27. The molecular weight excluding hydrogens is 190 g/mol. The third-order valence-corrected chi connectivity index (χ3v) is 1.69. The summed E-state index contributed by atoms with van der Waals surface area (Å²) >= 11 is 0. The zero-order valence-corrected chi connectivity index (χ0v) is 8.09. The second-order valence-corrected chi connectivity index (χ2v) is 2.73. The molecule has 0 fully saturated rings. The smallest absolute Gasteiger partial charge is 0.183 e. The lowest BCUT2D eigenvalue weighted by molar-refractivity contribution is -0.124. The highest BCUT2D eigenvalue weighted by atomic mass is 19.1. The van der Waals surface area contributed by atoms with Crippen LogP contribution in [0.5, 0.6) is 0 Å². The van der Waals surface area contributed by atoms with Crippen molar-refractivity contribution in [3.63, 3.8) is 0 Å². The molecule has 0 amide bonds. The van der Waals surface area contributed by atoms with Crippen LogP contribution in [0.1, 0.15) is 18.8 Å². The summed E-state index contributed by atoms with van der Waals surface area (Å²) in [4.78, 5) is 0. The van der Waals surface area contributed by atoms with Crippen molar-refractivity contribution in [3.05, 3.63) is 35.4 Å². The van der Waals surface area contributed by atoms with E-state index >= 15 is 0 Å². The van der Waals surface area contributed by atoms with Gasteiger partial charge in [-0.25, -0.2) is 8.78 Å². The average molecular weight is 202 g/mol. The standard InChI is InChI=1S/C10H12F2O2/c1-3-14-10(13-2)7-4-8(11)6-9(12)5-7/h4-6,10H,3H2,1-2H3. The monoisotopic (exact) mass is 202 g/mol. The molecule has 4 heteroatoms. The fourth-order valence-electron chi connectivity index (χ4n) is 1.16. The molecule has 14 heavy (non-hydrogen) atoms. The van der Waals surface area contributed by atoms with E-state index in [-0.39, 0.29) is 0 Å². The minimum atomic E-state index is -0.717. The largest absolute Gasteiger partial charge is 0.352 e. The van der Waals surface area contributed by atoms with Gasteiger partial charge in [-0.2, -0.15) is 0 Å². The molecule has 0 aliphatic rings. The summed E-state index contributed by atoms with van der Waals surface area (Å²) < 4.78 is 35.7. The van der Waals surface area contributed by atoms with Crippen molar-refractivity contribution < 1.29 is 18.3 Å². The first kappa shape index (κ1) is 11.1. The van der Waals surface area contributed by atoms with E-state index in [4.69, 9.17) is 9.47 Å². The van der Waals surface area contributed by atoms with Crippen molar-refractivity contribution in [1.29, 1.82) is 0 Å². The Kier molecular flexibility index (Phi) is 3.98. The molecule has 78 valence electrons. The number of hydrogen-bond donors (Lipinski definition) is 0. The molecule has 1 aromatic carbocycles. The number of rotatable bonds is 4. The minimum absolute atomic E-state index is 0.340. The molecule has 0 spiro atoms. The number of ether oxygens (including phenoxy) is 2. The Hall–Kier alpha value is -1.00. The van der Waals surface area contributed by atoms with Gasteiger partial charge in [0.05, 0.1) is 0 Å². The van der Waals surface area contributed by atoms with E-state index in [2.05, 4.69) is 0 Å². The van der Waals surface area contributed by atoms with Crippen LogP contribution in [0, 0.1) is 11.6 Å². The van der Waals surface area contributed by atoms with Crippen LogP contribution >= 0.6 is 0 Å².